The molecule has 4 nitrogen and oxygen atoms in total. The van der Waals surface area contributed by atoms with E-state index in [1.165, 1.54) is 57.3 Å². The summed E-state index contributed by atoms with van der Waals surface area (Å²) in [6.07, 6.45) is 10.7. The van der Waals surface area contributed by atoms with Gasteiger partial charge in [-0.15, -0.1) is 0 Å². The zero-order chi connectivity index (χ0) is 17.6. The Labute approximate surface area is 156 Å². The quantitative estimate of drug-likeness (QED) is 0.897. The number of nitrogens with zero attached hydrogens (tertiary/aromatic N) is 3. The van der Waals surface area contributed by atoms with E-state index < -0.39 is 0 Å². The van der Waals surface area contributed by atoms with Gasteiger partial charge in [0, 0.05) is 32.0 Å². The van der Waals surface area contributed by atoms with E-state index in [2.05, 4.69) is 51.1 Å². The molecule has 1 spiro atoms. The fourth-order valence-corrected chi connectivity index (χ4v) is 5.16. The van der Waals surface area contributed by atoms with E-state index in [1.54, 1.807) is 5.56 Å². The molecule has 1 saturated heterocycles. The maximum absolute atomic E-state index is 4.47. The number of hydrogen-bond acceptors (Lipinski definition) is 3. The normalized spacial score (nSPS) is 24.9. The molecule has 1 saturated carbocycles. The molecule has 3 aliphatic rings. The molecule has 138 valence electrons. The van der Waals surface area contributed by atoms with E-state index >= 15 is 0 Å². The summed E-state index contributed by atoms with van der Waals surface area (Å²) in [5, 5.41) is 3.81. The molecule has 0 amide bonds. The van der Waals surface area contributed by atoms with Crippen molar-refractivity contribution >= 4 is 0 Å². The van der Waals surface area contributed by atoms with Crippen LogP contribution in [-0.4, -0.2) is 34.1 Å². The maximum atomic E-state index is 4.47. The van der Waals surface area contributed by atoms with Crippen molar-refractivity contribution in [1.82, 2.24) is 19.8 Å². The van der Waals surface area contributed by atoms with Crippen molar-refractivity contribution in [3.05, 3.63) is 53.6 Å². The van der Waals surface area contributed by atoms with E-state index in [0.29, 0.717) is 11.5 Å². The minimum absolute atomic E-state index is 0.385. The fourth-order valence-electron chi connectivity index (χ4n) is 5.16. The number of piperidine rings is 1. The standard InChI is InChI=1S/C22H30N4/c1-25-13-10-23-21(25)15-24-20-14-22(19-5-3-2-4-18(19)20)8-11-26(12-9-22)16-17-6-7-17/h2-5,10,13,17,20,24H,6-9,11-12,14-16H2,1H3. The van der Waals surface area contributed by atoms with Gasteiger partial charge in [0.05, 0.1) is 6.54 Å². The Balaban J connectivity index is 1.31. The van der Waals surface area contributed by atoms with Crippen molar-refractivity contribution in [3.8, 4) is 0 Å². The van der Waals surface area contributed by atoms with Crippen molar-refractivity contribution in [3.63, 3.8) is 0 Å². The molecule has 1 N–H and O–H groups in total. The van der Waals surface area contributed by atoms with Crippen LogP contribution in [0.1, 0.15) is 55.1 Å². The number of imidazole rings is 1. The van der Waals surface area contributed by atoms with Gasteiger partial charge < -0.3 is 14.8 Å². The third-order valence-corrected chi connectivity index (χ3v) is 6.96. The van der Waals surface area contributed by atoms with E-state index in [9.17, 15) is 0 Å². The SMILES string of the molecule is Cn1ccnc1CNC1CC2(CCN(CC3CC3)CC2)c2ccccc21. The third kappa shape index (κ3) is 2.99. The highest BCUT2D eigenvalue weighted by Crippen LogP contribution is 2.51. The van der Waals surface area contributed by atoms with Crippen LogP contribution in [0.3, 0.4) is 0 Å². The van der Waals surface area contributed by atoms with Crippen molar-refractivity contribution in [2.45, 2.75) is 50.1 Å². The zero-order valence-electron chi connectivity index (χ0n) is 15.8. The lowest BCUT2D eigenvalue weighted by atomic mass is 9.73. The summed E-state index contributed by atoms with van der Waals surface area (Å²) in [6.45, 7) is 4.73. The second-order valence-electron chi connectivity index (χ2n) is 8.70. The summed E-state index contributed by atoms with van der Waals surface area (Å²) in [5.41, 5.74) is 3.52. The number of likely N-dealkylation sites (tertiary alicyclic amines) is 1. The fraction of sp³-hybridized carbons (Fsp3) is 0.591. The average molecular weight is 351 g/mol. The number of nitrogens with one attached hydrogen (secondary N) is 1. The first-order valence-electron chi connectivity index (χ1n) is 10.2. The third-order valence-electron chi connectivity index (χ3n) is 6.96. The van der Waals surface area contributed by atoms with Crippen molar-refractivity contribution in [2.24, 2.45) is 13.0 Å². The van der Waals surface area contributed by atoms with Crippen molar-refractivity contribution in [2.75, 3.05) is 19.6 Å². The molecule has 2 aromatic rings. The number of aryl methyl sites for hydroxylation is 1. The summed E-state index contributed by atoms with van der Waals surface area (Å²) in [7, 11) is 2.07. The number of fused-ring (bicyclic) bond motifs is 2. The van der Waals surface area contributed by atoms with Crippen LogP contribution in [0.2, 0.25) is 0 Å². The van der Waals surface area contributed by atoms with E-state index in [1.807, 2.05) is 12.4 Å². The van der Waals surface area contributed by atoms with Crippen LogP contribution in [0.25, 0.3) is 0 Å². The van der Waals surface area contributed by atoms with Gasteiger partial charge in [-0.05, 0) is 67.7 Å². The summed E-state index contributed by atoms with van der Waals surface area (Å²) in [5.74, 6) is 2.12. The van der Waals surface area contributed by atoms with Gasteiger partial charge in [-0.25, -0.2) is 4.98 Å². The van der Waals surface area contributed by atoms with Crippen LogP contribution in [-0.2, 0) is 19.0 Å². The molecular weight excluding hydrogens is 320 g/mol. The van der Waals surface area contributed by atoms with Crippen molar-refractivity contribution in [1.29, 1.82) is 0 Å². The van der Waals surface area contributed by atoms with Gasteiger partial charge >= 0.3 is 0 Å². The first-order valence-corrected chi connectivity index (χ1v) is 10.2. The number of hydrogen-bond donors (Lipinski definition) is 1. The molecule has 26 heavy (non-hydrogen) atoms. The molecule has 2 aliphatic carbocycles. The molecule has 2 fully saturated rings. The monoisotopic (exact) mass is 350 g/mol. The number of aromatic nitrogens is 2. The lowest BCUT2D eigenvalue weighted by molar-refractivity contribution is 0.147. The van der Waals surface area contributed by atoms with Gasteiger partial charge in [0.2, 0.25) is 0 Å². The number of rotatable bonds is 5. The van der Waals surface area contributed by atoms with Gasteiger partial charge in [0.15, 0.2) is 0 Å². The highest BCUT2D eigenvalue weighted by atomic mass is 15.1. The molecule has 4 heteroatoms. The topological polar surface area (TPSA) is 33.1 Å². The van der Waals surface area contributed by atoms with Crippen LogP contribution < -0.4 is 5.32 Å². The second-order valence-corrected chi connectivity index (χ2v) is 8.70. The lowest BCUT2D eigenvalue weighted by Crippen LogP contribution is -2.42. The smallest absolute Gasteiger partial charge is 0.122 e. The molecular formula is C22H30N4. The Kier molecular flexibility index (Phi) is 4.13. The second kappa shape index (κ2) is 6.50. The molecule has 1 aromatic heterocycles. The van der Waals surface area contributed by atoms with Crippen LogP contribution in [0.4, 0.5) is 0 Å². The molecule has 5 rings (SSSR count). The molecule has 1 unspecified atom stereocenters. The Morgan fingerprint density at radius 1 is 1.19 bits per heavy atom. The van der Waals surface area contributed by atoms with E-state index in [-0.39, 0.29) is 0 Å². The average Bonchev–Trinajstić information content (AvgIpc) is 3.31. The first-order chi connectivity index (χ1) is 12.7. The molecule has 0 bridgehead atoms. The Bertz CT molecular complexity index is 768. The predicted octanol–water partition coefficient (Wildman–Crippen LogP) is 3.40. The van der Waals surface area contributed by atoms with Crippen LogP contribution >= 0.6 is 0 Å². The summed E-state index contributed by atoms with van der Waals surface area (Å²) in [6, 6.07) is 9.64. The Morgan fingerprint density at radius 3 is 2.73 bits per heavy atom. The van der Waals surface area contributed by atoms with Gasteiger partial charge in [-0.1, -0.05) is 24.3 Å². The highest BCUT2D eigenvalue weighted by molar-refractivity contribution is 5.42. The Morgan fingerprint density at radius 2 is 2.00 bits per heavy atom. The molecule has 1 aliphatic heterocycles. The lowest BCUT2D eigenvalue weighted by Gasteiger charge is -2.40. The summed E-state index contributed by atoms with van der Waals surface area (Å²) >= 11 is 0. The van der Waals surface area contributed by atoms with Crippen LogP contribution in [0.5, 0.6) is 0 Å². The maximum Gasteiger partial charge on any atom is 0.122 e. The minimum Gasteiger partial charge on any atom is -0.337 e. The largest absolute Gasteiger partial charge is 0.337 e. The molecule has 0 radical (unpaired) electrons. The van der Waals surface area contributed by atoms with Gasteiger partial charge in [-0.2, -0.15) is 0 Å². The van der Waals surface area contributed by atoms with E-state index in [4.69, 9.17) is 0 Å². The zero-order valence-corrected chi connectivity index (χ0v) is 15.8. The van der Waals surface area contributed by atoms with E-state index in [0.717, 1.165) is 18.3 Å². The van der Waals surface area contributed by atoms with Crippen LogP contribution in [0.15, 0.2) is 36.7 Å². The van der Waals surface area contributed by atoms with Crippen LogP contribution in [0, 0.1) is 5.92 Å². The number of benzene rings is 1. The summed E-state index contributed by atoms with van der Waals surface area (Å²) < 4.78 is 2.11. The highest BCUT2D eigenvalue weighted by Gasteiger charge is 2.45. The minimum atomic E-state index is 0.385. The molecule has 1 aromatic carbocycles. The van der Waals surface area contributed by atoms with Gasteiger partial charge in [0.25, 0.3) is 0 Å². The molecule has 1 atom stereocenters. The summed E-state index contributed by atoms with van der Waals surface area (Å²) in [4.78, 5) is 7.20. The molecule has 2 heterocycles. The van der Waals surface area contributed by atoms with Crippen molar-refractivity contribution < 1.29 is 0 Å². The van der Waals surface area contributed by atoms with Gasteiger partial charge in [-0.3, -0.25) is 0 Å². The predicted molar refractivity (Wildman–Crippen MR) is 104 cm³/mol. The first kappa shape index (κ1) is 16.5. The van der Waals surface area contributed by atoms with Gasteiger partial charge in [0.1, 0.15) is 5.82 Å². The Hall–Kier alpha value is -1.65.